The van der Waals surface area contributed by atoms with Crippen LogP contribution in [0.2, 0.25) is 5.02 Å². The lowest BCUT2D eigenvalue weighted by Gasteiger charge is -2.10. The Morgan fingerprint density at radius 2 is 1.80 bits per heavy atom. The van der Waals surface area contributed by atoms with Crippen LogP contribution in [0.15, 0.2) is 53.9 Å². The maximum absolute atomic E-state index is 5.95. The highest BCUT2D eigenvalue weighted by molar-refractivity contribution is 7.18. The van der Waals surface area contributed by atoms with Gasteiger partial charge in [0.05, 0.1) is 17.3 Å². The summed E-state index contributed by atoms with van der Waals surface area (Å²) >= 11 is 9.41. The minimum absolute atomic E-state index is 0.751. The molecule has 0 aliphatic rings. The number of halogens is 1. The van der Waals surface area contributed by atoms with Gasteiger partial charge in [0.15, 0.2) is 0 Å². The number of para-hydroxylation sites is 1. The zero-order chi connectivity index (χ0) is 17.2. The molecule has 4 rings (SSSR count). The standard InChI is InChI=1S/C19H16ClN3S2/c1-23(11-18-22-16-4-2-3-5-17(16)25-18)10-15-12-24-19(21-15)13-6-8-14(20)9-7-13/h2-9,12H,10-11H2,1H3/p+1. The van der Waals surface area contributed by atoms with E-state index in [1.165, 1.54) is 14.6 Å². The molecular weight excluding hydrogens is 370 g/mol. The van der Waals surface area contributed by atoms with E-state index in [0.29, 0.717) is 0 Å². The molecule has 126 valence electrons. The molecule has 2 heterocycles. The Bertz CT molecular complexity index is 958. The fourth-order valence-electron chi connectivity index (χ4n) is 2.74. The highest BCUT2D eigenvalue weighted by Crippen LogP contribution is 2.25. The highest BCUT2D eigenvalue weighted by atomic mass is 35.5. The van der Waals surface area contributed by atoms with E-state index in [4.69, 9.17) is 21.6 Å². The zero-order valence-electron chi connectivity index (χ0n) is 13.7. The summed E-state index contributed by atoms with van der Waals surface area (Å²) in [7, 11) is 2.19. The summed E-state index contributed by atoms with van der Waals surface area (Å²) in [5.74, 6) is 0. The second-order valence-corrected chi connectivity index (χ2v) is 8.45. The van der Waals surface area contributed by atoms with Crippen molar-refractivity contribution in [1.29, 1.82) is 0 Å². The van der Waals surface area contributed by atoms with Crippen molar-refractivity contribution in [1.82, 2.24) is 9.97 Å². The van der Waals surface area contributed by atoms with Crippen molar-refractivity contribution in [3.8, 4) is 10.6 Å². The van der Waals surface area contributed by atoms with Crippen LogP contribution in [-0.2, 0) is 13.1 Å². The first-order valence-corrected chi connectivity index (χ1v) is 10.1. The van der Waals surface area contributed by atoms with Crippen molar-refractivity contribution in [3.05, 3.63) is 69.6 Å². The van der Waals surface area contributed by atoms with Gasteiger partial charge in [-0.1, -0.05) is 35.9 Å². The van der Waals surface area contributed by atoms with Crippen LogP contribution in [0.25, 0.3) is 20.8 Å². The molecule has 0 radical (unpaired) electrons. The quantitative estimate of drug-likeness (QED) is 0.554. The molecule has 4 aromatic rings. The van der Waals surface area contributed by atoms with E-state index in [1.54, 1.807) is 22.7 Å². The van der Waals surface area contributed by atoms with E-state index in [1.807, 2.05) is 30.3 Å². The summed E-state index contributed by atoms with van der Waals surface area (Å²) < 4.78 is 1.25. The Balaban J connectivity index is 1.44. The number of hydrogen-bond donors (Lipinski definition) is 1. The number of benzene rings is 2. The molecule has 0 aliphatic carbocycles. The van der Waals surface area contributed by atoms with Crippen molar-refractivity contribution in [2.24, 2.45) is 0 Å². The summed E-state index contributed by atoms with van der Waals surface area (Å²) in [6.45, 7) is 1.80. The smallest absolute Gasteiger partial charge is 0.148 e. The predicted molar refractivity (Wildman–Crippen MR) is 106 cm³/mol. The van der Waals surface area contributed by atoms with Gasteiger partial charge >= 0.3 is 0 Å². The Kier molecular flexibility index (Phi) is 4.81. The van der Waals surface area contributed by atoms with E-state index in [-0.39, 0.29) is 0 Å². The van der Waals surface area contributed by atoms with Crippen molar-refractivity contribution in [2.75, 3.05) is 7.05 Å². The number of rotatable bonds is 5. The van der Waals surface area contributed by atoms with Crippen molar-refractivity contribution in [3.63, 3.8) is 0 Å². The summed E-state index contributed by atoms with van der Waals surface area (Å²) in [5.41, 5.74) is 3.33. The minimum atomic E-state index is 0.751. The van der Waals surface area contributed by atoms with Crippen molar-refractivity contribution in [2.45, 2.75) is 13.1 Å². The van der Waals surface area contributed by atoms with Gasteiger partial charge < -0.3 is 4.90 Å². The molecule has 6 heteroatoms. The van der Waals surface area contributed by atoms with E-state index >= 15 is 0 Å². The Morgan fingerprint density at radius 3 is 2.60 bits per heavy atom. The molecule has 1 atom stereocenters. The summed E-state index contributed by atoms with van der Waals surface area (Å²) in [6, 6.07) is 16.1. The Morgan fingerprint density at radius 1 is 1.00 bits per heavy atom. The predicted octanol–water partition coefficient (Wildman–Crippen LogP) is 4.29. The van der Waals surface area contributed by atoms with Crippen molar-refractivity contribution < 1.29 is 4.90 Å². The molecule has 0 saturated heterocycles. The van der Waals surface area contributed by atoms with Crippen LogP contribution in [0.5, 0.6) is 0 Å². The lowest BCUT2D eigenvalue weighted by molar-refractivity contribution is -0.907. The maximum atomic E-state index is 5.95. The monoisotopic (exact) mass is 386 g/mol. The van der Waals surface area contributed by atoms with Crippen LogP contribution >= 0.6 is 34.3 Å². The molecule has 25 heavy (non-hydrogen) atoms. The van der Waals surface area contributed by atoms with Crippen LogP contribution in [-0.4, -0.2) is 17.0 Å². The van der Waals surface area contributed by atoms with E-state index < -0.39 is 0 Å². The van der Waals surface area contributed by atoms with Crippen LogP contribution in [0.1, 0.15) is 10.7 Å². The molecule has 2 aromatic heterocycles. The highest BCUT2D eigenvalue weighted by Gasteiger charge is 2.12. The maximum Gasteiger partial charge on any atom is 0.148 e. The largest absolute Gasteiger partial charge is 0.327 e. The summed E-state index contributed by atoms with van der Waals surface area (Å²) in [6.07, 6.45) is 0. The molecule has 2 aromatic carbocycles. The van der Waals surface area contributed by atoms with E-state index in [0.717, 1.165) is 39.9 Å². The zero-order valence-corrected chi connectivity index (χ0v) is 16.1. The van der Waals surface area contributed by atoms with Crippen LogP contribution < -0.4 is 4.90 Å². The summed E-state index contributed by atoms with van der Waals surface area (Å²) in [4.78, 5) is 10.9. The number of aromatic nitrogens is 2. The fourth-order valence-corrected chi connectivity index (χ4v) is 4.77. The van der Waals surface area contributed by atoms with Gasteiger partial charge in [0.2, 0.25) is 0 Å². The number of fused-ring (bicyclic) bond motifs is 1. The third kappa shape index (κ3) is 3.90. The Hall–Kier alpha value is -1.79. The van der Waals surface area contributed by atoms with Gasteiger partial charge in [0.1, 0.15) is 28.8 Å². The first-order chi connectivity index (χ1) is 12.2. The summed E-state index contributed by atoms with van der Waals surface area (Å²) in [5, 5.41) is 5.11. The number of nitrogens with one attached hydrogen (secondary N) is 1. The first kappa shape index (κ1) is 16.7. The molecule has 0 saturated carbocycles. The SMILES string of the molecule is C[NH+](Cc1csc(-c2ccc(Cl)cc2)n1)Cc1nc2ccccc2s1. The molecule has 0 bridgehead atoms. The second-order valence-electron chi connectivity index (χ2n) is 6.04. The average Bonchev–Trinajstić information content (AvgIpc) is 3.21. The fraction of sp³-hybridized carbons (Fsp3) is 0.158. The van der Waals surface area contributed by atoms with Gasteiger partial charge in [-0.25, -0.2) is 9.97 Å². The molecule has 0 amide bonds. The molecule has 0 aliphatic heterocycles. The third-order valence-electron chi connectivity index (χ3n) is 3.92. The number of nitrogens with zero attached hydrogens (tertiary/aromatic N) is 2. The van der Waals surface area contributed by atoms with Crippen molar-refractivity contribution >= 4 is 44.5 Å². The number of thiazole rings is 2. The van der Waals surface area contributed by atoms with E-state index in [9.17, 15) is 0 Å². The lowest BCUT2D eigenvalue weighted by Crippen LogP contribution is -3.06. The van der Waals surface area contributed by atoms with E-state index in [2.05, 4.69) is 30.6 Å². The first-order valence-electron chi connectivity index (χ1n) is 8.03. The minimum Gasteiger partial charge on any atom is -0.327 e. The second kappa shape index (κ2) is 7.22. The third-order valence-corrected chi connectivity index (χ3v) is 6.15. The topological polar surface area (TPSA) is 30.2 Å². The molecule has 1 N–H and O–H groups in total. The molecule has 0 fully saturated rings. The molecule has 3 nitrogen and oxygen atoms in total. The van der Waals surface area contributed by atoms with Gasteiger partial charge in [-0.05, 0) is 24.3 Å². The van der Waals surface area contributed by atoms with Crippen LogP contribution in [0.4, 0.5) is 0 Å². The Labute approximate surface area is 159 Å². The number of hydrogen-bond acceptors (Lipinski definition) is 4. The lowest BCUT2D eigenvalue weighted by atomic mass is 10.2. The van der Waals surface area contributed by atoms with Gasteiger partial charge in [0, 0.05) is 16.0 Å². The van der Waals surface area contributed by atoms with Gasteiger partial charge in [-0.2, -0.15) is 0 Å². The van der Waals surface area contributed by atoms with Gasteiger partial charge in [-0.15, -0.1) is 22.7 Å². The molecule has 1 unspecified atom stereocenters. The van der Waals surface area contributed by atoms with Crippen LogP contribution in [0, 0.1) is 0 Å². The number of quaternary nitrogens is 1. The van der Waals surface area contributed by atoms with Gasteiger partial charge in [-0.3, -0.25) is 0 Å². The molecule has 0 spiro atoms. The average molecular weight is 387 g/mol. The molecular formula is C19H17ClN3S2+. The van der Waals surface area contributed by atoms with Gasteiger partial charge in [0.25, 0.3) is 0 Å². The normalized spacial score (nSPS) is 12.6. The van der Waals surface area contributed by atoms with Crippen LogP contribution in [0.3, 0.4) is 0 Å².